The van der Waals surface area contributed by atoms with E-state index < -0.39 is 0 Å². The second-order valence-corrected chi connectivity index (χ2v) is 10.2. The molecule has 0 aliphatic carbocycles. The third-order valence-corrected chi connectivity index (χ3v) is 7.44. The minimum atomic E-state index is 0. The van der Waals surface area contributed by atoms with Gasteiger partial charge in [-0.1, -0.05) is 113 Å². The van der Waals surface area contributed by atoms with E-state index in [0.717, 1.165) is 22.2 Å². The average molecular weight is 562 g/mol. The van der Waals surface area contributed by atoms with Gasteiger partial charge in [0.2, 0.25) is 0 Å². The van der Waals surface area contributed by atoms with Crippen LogP contribution >= 0.6 is 40.2 Å². The highest BCUT2D eigenvalue weighted by molar-refractivity contribution is 8.93. The van der Waals surface area contributed by atoms with Crippen molar-refractivity contribution in [1.29, 1.82) is 0 Å². The maximum Gasteiger partial charge on any atom is 0.253 e. The van der Waals surface area contributed by atoms with Crippen molar-refractivity contribution in [2.75, 3.05) is 0 Å². The van der Waals surface area contributed by atoms with Gasteiger partial charge in [-0.3, -0.25) is 0 Å². The monoisotopic (exact) mass is 559 g/mol. The van der Waals surface area contributed by atoms with Gasteiger partial charge in [-0.2, -0.15) is 0 Å². The highest BCUT2D eigenvalue weighted by Gasteiger charge is 2.23. The molecule has 0 saturated carbocycles. The lowest BCUT2D eigenvalue weighted by molar-refractivity contribution is -0.702. The molecule has 0 radical (unpaired) electrons. The molecule has 0 amide bonds. The van der Waals surface area contributed by atoms with E-state index in [1.807, 2.05) is 18.2 Å². The molecule has 33 heavy (non-hydrogen) atoms. The Hall–Kier alpha value is -0.510. The van der Waals surface area contributed by atoms with Gasteiger partial charge >= 0.3 is 0 Å². The minimum Gasteiger partial charge on any atom is -0.234 e. The summed E-state index contributed by atoms with van der Waals surface area (Å²) in [6.07, 6.45) is 23.9. The lowest BCUT2D eigenvalue weighted by Crippen LogP contribution is -2.35. The number of unbranched alkanes of at least 4 members (excludes halogenated alkanes) is 13. The third kappa shape index (κ3) is 10.7. The second kappa shape index (κ2) is 17.9. The molecule has 0 N–H and O–H groups in total. The number of benzene rings is 1. The van der Waals surface area contributed by atoms with Crippen LogP contribution in [0.2, 0.25) is 10.0 Å². The predicted octanol–water partition coefficient (Wildman–Crippen LogP) is 10.1. The van der Waals surface area contributed by atoms with Crippen LogP contribution in [0, 0.1) is 6.92 Å². The normalized spacial score (nSPS) is 12.0. The molecule has 2 aromatic rings. The molecule has 0 aliphatic heterocycles. The molecule has 0 fully saturated rings. The average Bonchev–Trinajstić information content (AvgIpc) is 3.14. The van der Waals surface area contributed by atoms with E-state index in [4.69, 9.17) is 23.2 Å². The van der Waals surface area contributed by atoms with E-state index in [-0.39, 0.29) is 23.0 Å². The molecule has 0 aliphatic rings. The first-order chi connectivity index (χ1) is 15.6. The number of imidazole rings is 1. The number of hydrogen-bond acceptors (Lipinski definition) is 0. The van der Waals surface area contributed by atoms with Crippen molar-refractivity contribution < 1.29 is 4.57 Å². The van der Waals surface area contributed by atoms with Crippen molar-refractivity contribution in [2.45, 2.75) is 123 Å². The van der Waals surface area contributed by atoms with Crippen LogP contribution in [0.5, 0.6) is 0 Å². The second-order valence-electron chi connectivity index (χ2n) is 9.35. The minimum absolute atomic E-state index is 0. The molecular formula is C28H46BrCl2N2+. The summed E-state index contributed by atoms with van der Waals surface area (Å²) < 4.78 is 4.64. The van der Waals surface area contributed by atoms with Crippen molar-refractivity contribution in [2.24, 2.45) is 0 Å². The highest BCUT2D eigenvalue weighted by Crippen LogP contribution is 2.32. The van der Waals surface area contributed by atoms with Gasteiger partial charge < -0.3 is 0 Å². The zero-order chi connectivity index (χ0) is 23.2. The summed E-state index contributed by atoms with van der Waals surface area (Å²) >= 11 is 12.9. The molecule has 2 nitrogen and oxygen atoms in total. The van der Waals surface area contributed by atoms with Crippen LogP contribution in [-0.4, -0.2) is 4.57 Å². The lowest BCUT2D eigenvalue weighted by atomic mass is 10.0. The summed E-state index contributed by atoms with van der Waals surface area (Å²) in [5, 5.41) is 1.47. The summed E-state index contributed by atoms with van der Waals surface area (Å²) in [5.74, 6) is 1.25. The molecule has 0 saturated heterocycles. The maximum atomic E-state index is 6.43. The van der Waals surface area contributed by atoms with Crippen molar-refractivity contribution in [3.05, 3.63) is 52.0 Å². The molecule has 0 spiro atoms. The molecule has 1 heterocycles. The van der Waals surface area contributed by atoms with Gasteiger partial charge in [-0.25, -0.2) is 9.13 Å². The van der Waals surface area contributed by atoms with E-state index in [1.165, 1.54) is 95.7 Å². The summed E-state index contributed by atoms with van der Waals surface area (Å²) in [6, 6.07) is 5.86. The number of rotatable bonds is 17. The molecule has 1 atom stereocenters. The number of aryl methyl sites for hydroxylation is 1. The summed E-state index contributed by atoms with van der Waals surface area (Å²) in [5.41, 5.74) is 0.998. The Morgan fingerprint density at radius 1 is 0.788 bits per heavy atom. The Kier molecular flexibility index (Phi) is 16.5. The number of nitrogens with zero attached hydrogens (tertiary/aromatic N) is 2. The Morgan fingerprint density at radius 3 is 1.73 bits per heavy atom. The van der Waals surface area contributed by atoms with Crippen molar-refractivity contribution in [3.8, 4) is 0 Å². The summed E-state index contributed by atoms with van der Waals surface area (Å²) in [7, 11) is 0. The Balaban J connectivity index is 0.00000544. The van der Waals surface area contributed by atoms with Gasteiger partial charge in [0, 0.05) is 22.5 Å². The van der Waals surface area contributed by atoms with Crippen LogP contribution in [0.3, 0.4) is 0 Å². The van der Waals surface area contributed by atoms with E-state index in [2.05, 4.69) is 42.3 Å². The standard InChI is InChI=1S/C28H45Cl2N2.BrH/c1-4-5-6-7-8-9-10-11-12-13-14-15-16-17-21-31-22-23-32(25(31)3)24(2)28-26(29)19-18-20-27(28)30;/h18-20,22-24H,4-17,21H2,1-3H3;1H/q+1;/t24-;/m1./s1. The summed E-state index contributed by atoms with van der Waals surface area (Å²) in [4.78, 5) is 0. The molecule has 0 bridgehead atoms. The maximum absolute atomic E-state index is 6.43. The fraction of sp³-hybridized carbons (Fsp3) is 0.679. The lowest BCUT2D eigenvalue weighted by Gasteiger charge is -2.14. The van der Waals surface area contributed by atoms with Gasteiger partial charge in [-0.15, -0.1) is 17.0 Å². The van der Waals surface area contributed by atoms with Gasteiger partial charge in [0.05, 0.1) is 6.54 Å². The smallest absolute Gasteiger partial charge is 0.234 e. The largest absolute Gasteiger partial charge is 0.253 e. The molecule has 5 heteroatoms. The Bertz CT molecular complexity index is 755. The van der Waals surface area contributed by atoms with E-state index in [1.54, 1.807) is 0 Å². The molecule has 1 aromatic carbocycles. The van der Waals surface area contributed by atoms with Crippen LogP contribution in [0.15, 0.2) is 30.6 Å². The zero-order valence-corrected chi connectivity index (χ0v) is 24.4. The first-order valence-electron chi connectivity index (χ1n) is 13.1. The Labute approximate surface area is 223 Å². The topological polar surface area (TPSA) is 8.81 Å². The third-order valence-electron chi connectivity index (χ3n) is 6.78. The summed E-state index contributed by atoms with van der Waals surface area (Å²) in [6.45, 7) is 7.72. The van der Waals surface area contributed by atoms with Gasteiger partial charge in [0.25, 0.3) is 5.82 Å². The predicted molar refractivity (Wildman–Crippen MR) is 150 cm³/mol. The molecule has 2 rings (SSSR count). The van der Waals surface area contributed by atoms with Gasteiger partial charge in [0.1, 0.15) is 18.4 Å². The fourth-order valence-electron chi connectivity index (χ4n) is 4.69. The molecule has 0 unspecified atom stereocenters. The Morgan fingerprint density at radius 2 is 1.24 bits per heavy atom. The van der Waals surface area contributed by atoms with Gasteiger partial charge in [-0.05, 0) is 31.9 Å². The van der Waals surface area contributed by atoms with E-state index >= 15 is 0 Å². The van der Waals surface area contributed by atoms with Crippen LogP contribution in [-0.2, 0) is 6.54 Å². The molecule has 188 valence electrons. The van der Waals surface area contributed by atoms with Crippen LogP contribution in [0.4, 0.5) is 0 Å². The number of hydrogen-bond donors (Lipinski definition) is 0. The quantitative estimate of drug-likeness (QED) is 0.134. The van der Waals surface area contributed by atoms with E-state index in [9.17, 15) is 0 Å². The van der Waals surface area contributed by atoms with Crippen LogP contribution < -0.4 is 4.57 Å². The molecule has 1 aromatic heterocycles. The molecular weight excluding hydrogens is 515 g/mol. The highest BCUT2D eigenvalue weighted by atomic mass is 79.9. The number of halogens is 3. The van der Waals surface area contributed by atoms with E-state index in [0.29, 0.717) is 0 Å². The van der Waals surface area contributed by atoms with Gasteiger partial charge in [0.15, 0.2) is 0 Å². The first-order valence-corrected chi connectivity index (χ1v) is 13.8. The van der Waals surface area contributed by atoms with Crippen LogP contribution in [0.1, 0.15) is 121 Å². The first kappa shape index (κ1) is 30.5. The van der Waals surface area contributed by atoms with Crippen molar-refractivity contribution >= 4 is 40.2 Å². The van der Waals surface area contributed by atoms with Crippen molar-refractivity contribution in [3.63, 3.8) is 0 Å². The number of aromatic nitrogens is 2. The SMILES string of the molecule is Br.CCCCCCCCCCCCCCCC[n+]1ccn([C@H](C)c2c(Cl)cccc2Cl)c1C. The van der Waals surface area contributed by atoms with Crippen molar-refractivity contribution in [1.82, 2.24) is 4.57 Å². The fourth-order valence-corrected chi connectivity index (χ4v) is 5.40. The van der Waals surface area contributed by atoms with Crippen LogP contribution in [0.25, 0.3) is 0 Å². The zero-order valence-electron chi connectivity index (χ0n) is 21.1.